The Morgan fingerprint density at radius 1 is 1.21 bits per heavy atom. The average Bonchev–Trinajstić information content (AvgIpc) is 2.92. The number of nitrogens with one attached hydrogen (secondary N) is 2. The first-order valence-corrected chi connectivity index (χ1v) is 9.37. The van der Waals surface area contributed by atoms with Crippen molar-refractivity contribution >= 4 is 27.7 Å². The molecule has 2 amide bonds. The highest BCUT2D eigenvalue weighted by Crippen LogP contribution is 2.29. The summed E-state index contributed by atoms with van der Waals surface area (Å²) in [6.07, 6.45) is 4.89. The summed E-state index contributed by atoms with van der Waals surface area (Å²) in [6.45, 7) is 0.371. The van der Waals surface area contributed by atoms with Gasteiger partial charge in [0.2, 0.25) is 5.91 Å². The van der Waals surface area contributed by atoms with Crippen molar-refractivity contribution in [2.75, 3.05) is 13.6 Å². The van der Waals surface area contributed by atoms with Gasteiger partial charge in [-0.2, -0.15) is 0 Å². The monoisotopic (exact) mass is 393 g/mol. The predicted octanol–water partition coefficient (Wildman–Crippen LogP) is 2.31. The minimum atomic E-state index is -0.141. The van der Waals surface area contributed by atoms with Gasteiger partial charge >= 0.3 is 0 Å². The van der Waals surface area contributed by atoms with E-state index in [0.717, 1.165) is 17.3 Å². The number of hydrogen-bond acceptors (Lipinski definition) is 3. The first-order valence-electron chi connectivity index (χ1n) is 8.58. The lowest BCUT2D eigenvalue weighted by molar-refractivity contribution is -0.132. The van der Waals surface area contributed by atoms with E-state index in [1.165, 1.54) is 12.8 Å². The normalized spacial score (nSPS) is 25.3. The summed E-state index contributed by atoms with van der Waals surface area (Å²) in [5, 5.41) is 6.42. The maximum Gasteiger partial charge on any atom is 0.251 e. The maximum absolute atomic E-state index is 12.4. The van der Waals surface area contributed by atoms with Crippen molar-refractivity contribution in [3.8, 4) is 0 Å². The molecule has 5 nitrogen and oxygen atoms in total. The molecule has 2 aliphatic rings. The zero-order valence-electron chi connectivity index (χ0n) is 13.9. The largest absolute Gasteiger partial charge is 0.352 e. The van der Waals surface area contributed by atoms with Crippen molar-refractivity contribution in [1.29, 1.82) is 0 Å². The number of benzene rings is 1. The van der Waals surface area contributed by atoms with Crippen LogP contribution in [0.5, 0.6) is 0 Å². The second kappa shape index (κ2) is 7.66. The zero-order chi connectivity index (χ0) is 17.1. The average molecular weight is 394 g/mol. The van der Waals surface area contributed by atoms with Crippen LogP contribution < -0.4 is 10.6 Å². The fourth-order valence-electron chi connectivity index (χ4n) is 3.71. The molecule has 2 atom stereocenters. The molecule has 130 valence electrons. The summed E-state index contributed by atoms with van der Waals surface area (Å²) in [5.74, 6) is -0.0322. The number of fused-ring (bicyclic) bond motifs is 2. The van der Waals surface area contributed by atoms with Crippen LogP contribution in [0, 0.1) is 0 Å². The van der Waals surface area contributed by atoms with Crippen LogP contribution in [0.4, 0.5) is 0 Å². The lowest BCUT2D eigenvalue weighted by atomic mass is 9.98. The molecular weight excluding hydrogens is 370 g/mol. The van der Waals surface area contributed by atoms with Gasteiger partial charge in [-0.1, -0.05) is 15.9 Å². The van der Waals surface area contributed by atoms with E-state index in [1.807, 2.05) is 24.1 Å². The fraction of sp³-hybridized carbons (Fsp3) is 0.556. The highest BCUT2D eigenvalue weighted by atomic mass is 79.9. The van der Waals surface area contributed by atoms with E-state index < -0.39 is 0 Å². The molecule has 24 heavy (non-hydrogen) atoms. The molecule has 0 aromatic heterocycles. The molecule has 0 spiro atoms. The van der Waals surface area contributed by atoms with E-state index in [4.69, 9.17) is 0 Å². The topological polar surface area (TPSA) is 61.4 Å². The number of hydrogen-bond donors (Lipinski definition) is 2. The van der Waals surface area contributed by atoms with Crippen LogP contribution in [-0.2, 0) is 4.79 Å². The van der Waals surface area contributed by atoms with Crippen molar-refractivity contribution < 1.29 is 9.59 Å². The van der Waals surface area contributed by atoms with Crippen molar-refractivity contribution in [2.45, 2.75) is 50.2 Å². The number of amides is 2. The predicted molar refractivity (Wildman–Crippen MR) is 96.8 cm³/mol. The van der Waals surface area contributed by atoms with Crippen molar-refractivity contribution in [2.24, 2.45) is 0 Å². The summed E-state index contributed by atoms with van der Waals surface area (Å²) in [6, 6.07) is 8.66. The Kier molecular flexibility index (Phi) is 5.56. The third kappa shape index (κ3) is 4.16. The lowest BCUT2D eigenvalue weighted by Gasteiger charge is -2.35. The Morgan fingerprint density at radius 3 is 2.46 bits per heavy atom. The van der Waals surface area contributed by atoms with Gasteiger partial charge in [-0.15, -0.1) is 0 Å². The summed E-state index contributed by atoms with van der Waals surface area (Å²) < 4.78 is 0.937. The Balaban J connectivity index is 1.43. The van der Waals surface area contributed by atoms with Gasteiger partial charge in [0.05, 0.1) is 0 Å². The van der Waals surface area contributed by atoms with E-state index in [2.05, 4.69) is 26.6 Å². The highest BCUT2D eigenvalue weighted by molar-refractivity contribution is 9.10. The van der Waals surface area contributed by atoms with Gasteiger partial charge in [-0.05, 0) is 49.9 Å². The summed E-state index contributed by atoms with van der Waals surface area (Å²) in [7, 11) is 1.90. The van der Waals surface area contributed by atoms with E-state index in [0.29, 0.717) is 36.7 Å². The van der Waals surface area contributed by atoms with Gasteiger partial charge < -0.3 is 15.5 Å². The van der Waals surface area contributed by atoms with E-state index in [-0.39, 0.29) is 11.8 Å². The molecule has 0 aliphatic carbocycles. The summed E-state index contributed by atoms with van der Waals surface area (Å²) in [4.78, 5) is 26.3. The third-order valence-electron chi connectivity index (χ3n) is 5.12. The van der Waals surface area contributed by atoms with Crippen molar-refractivity contribution in [1.82, 2.24) is 15.5 Å². The van der Waals surface area contributed by atoms with Crippen LogP contribution in [0.3, 0.4) is 0 Å². The van der Waals surface area contributed by atoms with E-state index in [9.17, 15) is 9.59 Å². The Morgan fingerprint density at radius 2 is 1.83 bits per heavy atom. The Hall–Kier alpha value is -1.40. The number of nitrogens with zero attached hydrogens (tertiary/aromatic N) is 1. The highest BCUT2D eigenvalue weighted by Gasteiger charge is 2.36. The maximum atomic E-state index is 12.4. The Bertz CT molecular complexity index is 593. The van der Waals surface area contributed by atoms with Gasteiger partial charge in [0.1, 0.15) is 0 Å². The molecule has 1 aromatic rings. The number of carbonyl (C=O) groups excluding carboxylic acids is 2. The van der Waals surface area contributed by atoms with Crippen molar-refractivity contribution in [3.05, 3.63) is 34.3 Å². The summed E-state index contributed by atoms with van der Waals surface area (Å²) >= 11 is 3.35. The molecule has 0 radical (unpaired) electrons. The zero-order valence-corrected chi connectivity index (χ0v) is 15.5. The minimum absolute atomic E-state index is 0.109. The van der Waals surface area contributed by atoms with Gasteiger partial charge in [-0.25, -0.2) is 0 Å². The quantitative estimate of drug-likeness (QED) is 0.806. The molecule has 2 bridgehead atoms. The van der Waals surface area contributed by atoms with Gasteiger partial charge in [0, 0.05) is 48.2 Å². The molecule has 2 N–H and O–H groups in total. The van der Waals surface area contributed by atoms with Crippen LogP contribution in [0.15, 0.2) is 28.7 Å². The molecule has 3 rings (SSSR count). The number of halogens is 1. The SMILES string of the molecule is CN(C(=O)CCNC(=O)c1ccc(Br)cc1)C1CC2CCC(C1)N2. The fourth-order valence-corrected chi connectivity index (χ4v) is 3.97. The molecular formula is C18H24BrN3O2. The van der Waals surface area contributed by atoms with Crippen LogP contribution >= 0.6 is 15.9 Å². The summed E-state index contributed by atoms with van der Waals surface area (Å²) in [5.41, 5.74) is 0.605. The first kappa shape index (κ1) is 17.4. The molecule has 2 unspecified atom stereocenters. The molecule has 2 heterocycles. The lowest BCUT2D eigenvalue weighted by Crippen LogP contribution is -2.49. The third-order valence-corrected chi connectivity index (χ3v) is 5.65. The molecule has 6 heteroatoms. The van der Waals surface area contributed by atoms with Crippen molar-refractivity contribution in [3.63, 3.8) is 0 Å². The standard InChI is InChI=1S/C18H24BrN3O2/c1-22(16-10-14-6-7-15(11-16)21-14)17(23)8-9-20-18(24)12-2-4-13(19)5-3-12/h2-5,14-16,21H,6-11H2,1H3,(H,20,24). The van der Waals surface area contributed by atoms with Crippen LogP contribution in [0.1, 0.15) is 42.5 Å². The van der Waals surface area contributed by atoms with E-state index >= 15 is 0 Å². The van der Waals surface area contributed by atoms with Gasteiger partial charge in [-0.3, -0.25) is 9.59 Å². The van der Waals surface area contributed by atoms with Crippen LogP contribution in [0.25, 0.3) is 0 Å². The molecule has 0 saturated carbocycles. The number of rotatable bonds is 5. The van der Waals surface area contributed by atoms with Crippen LogP contribution in [-0.4, -0.2) is 48.4 Å². The molecule has 2 aliphatic heterocycles. The van der Waals surface area contributed by atoms with Crippen LogP contribution in [0.2, 0.25) is 0 Å². The molecule has 1 aromatic carbocycles. The molecule has 2 saturated heterocycles. The smallest absolute Gasteiger partial charge is 0.251 e. The minimum Gasteiger partial charge on any atom is -0.352 e. The molecule has 2 fully saturated rings. The number of carbonyl (C=O) groups is 2. The van der Waals surface area contributed by atoms with E-state index in [1.54, 1.807) is 12.1 Å². The Labute approximate surface area is 151 Å². The van der Waals surface area contributed by atoms with Gasteiger partial charge in [0.15, 0.2) is 0 Å². The number of piperidine rings is 1. The first-order chi connectivity index (χ1) is 11.5. The second-order valence-corrected chi connectivity index (χ2v) is 7.70. The van der Waals surface area contributed by atoms with Gasteiger partial charge in [0.25, 0.3) is 5.91 Å². The second-order valence-electron chi connectivity index (χ2n) is 6.78.